The van der Waals surface area contributed by atoms with Gasteiger partial charge in [-0.3, -0.25) is 4.79 Å². The Morgan fingerprint density at radius 1 is 1.25 bits per heavy atom. The molecule has 1 aliphatic rings. The van der Waals surface area contributed by atoms with Crippen molar-refractivity contribution < 1.29 is 9.53 Å². The van der Waals surface area contributed by atoms with Crippen molar-refractivity contribution in [3.8, 4) is 0 Å². The average molecular weight is 168 g/mol. The minimum absolute atomic E-state index is 0.460. The van der Waals surface area contributed by atoms with Gasteiger partial charge in [0.15, 0.2) is 0 Å². The zero-order valence-electron chi connectivity index (χ0n) is 7.53. The third-order valence-electron chi connectivity index (χ3n) is 2.55. The first-order chi connectivity index (χ1) is 5.83. The molecule has 0 saturated heterocycles. The van der Waals surface area contributed by atoms with Crippen molar-refractivity contribution in [2.75, 3.05) is 0 Å². The molecule has 0 bridgehead atoms. The van der Waals surface area contributed by atoms with Gasteiger partial charge in [0.25, 0.3) is 6.47 Å². The first-order valence-corrected chi connectivity index (χ1v) is 4.58. The van der Waals surface area contributed by atoms with E-state index < -0.39 is 0 Å². The van der Waals surface area contributed by atoms with E-state index in [9.17, 15) is 4.79 Å². The predicted octanol–water partition coefficient (Wildman–Crippen LogP) is 2.50. The maximum Gasteiger partial charge on any atom is 0.297 e. The molecular formula is C10H16O2. The Bertz CT molecular complexity index is 155. The second kappa shape index (κ2) is 4.96. The molecule has 0 heterocycles. The highest BCUT2D eigenvalue weighted by molar-refractivity contribution is 5.38. The topological polar surface area (TPSA) is 26.3 Å². The quantitative estimate of drug-likeness (QED) is 0.478. The summed E-state index contributed by atoms with van der Waals surface area (Å²) in [5, 5.41) is 0. The van der Waals surface area contributed by atoms with Gasteiger partial charge in [-0.05, 0) is 30.8 Å². The summed E-state index contributed by atoms with van der Waals surface area (Å²) in [6.45, 7) is 2.75. The number of hydrogen-bond donors (Lipinski definition) is 0. The van der Waals surface area contributed by atoms with Gasteiger partial charge >= 0.3 is 0 Å². The molecule has 1 aliphatic carbocycles. The van der Waals surface area contributed by atoms with Gasteiger partial charge in [-0.15, -0.1) is 0 Å². The molecule has 12 heavy (non-hydrogen) atoms. The van der Waals surface area contributed by atoms with E-state index in [0.29, 0.717) is 12.4 Å². The number of carbonyl (C=O) groups is 1. The molecule has 0 N–H and O–H groups in total. The Labute approximate surface area is 73.6 Å². The van der Waals surface area contributed by atoms with Crippen LogP contribution in [0.5, 0.6) is 0 Å². The number of hydrogen-bond acceptors (Lipinski definition) is 2. The minimum Gasteiger partial charge on any atom is -0.437 e. The zero-order valence-corrected chi connectivity index (χ0v) is 7.53. The summed E-state index contributed by atoms with van der Waals surface area (Å²) >= 11 is 0. The molecule has 1 fully saturated rings. The van der Waals surface area contributed by atoms with Crippen molar-refractivity contribution in [1.29, 1.82) is 0 Å². The van der Waals surface area contributed by atoms with Gasteiger partial charge in [0, 0.05) is 0 Å². The summed E-state index contributed by atoms with van der Waals surface area (Å²) in [5.41, 5.74) is 0. The molecule has 0 unspecified atom stereocenters. The van der Waals surface area contributed by atoms with Crippen LogP contribution < -0.4 is 0 Å². The van der Waals surface area contributed by atoms with Gasteiger partial charge in [0.05, 0.1) is 6.26 Å². The fraction of sp³-hybridized carbons (Fsp3) is 0.700. The van der Waals surface area contributed by atoms with Crippen LogP contribution in [0.25, 0.3) is 0 Å². The van der Waals surface area contributed by atoms with Crippen LogP contribution >= 0.6 is 0 Å². The lowest BCUT2D eigenvalue weighted by Gasteiger charge is -2.23. The van der Waals surface area contributed by atoms with Crippen LogP contribution in [0.1, 0.15) is 32.6 Å². The third-order valence-corrected chi connectivity index (χ3v) is 2.55. The maximum atomic E-state index is 9.83. The highest BCUT2D eigenvalue weighted by Gasteiger charge is 2.15. The Morgan fingerprint density at radius 3 is 2.50 bits per heavy atom. The summed E-state index contributed by atoms with van der Waals surface area (Å²) in [6, 6.07) is 0. The molecule has 0 amide bonds. The van der Waals surface area contributed by atoms with Crippen molar-refractivity contribution in [2.24, 2.45) is 11.8 Å². The second-order valence-electron chi connectivity index (χ2n) is 3.58. The zero-order chi connectivity index (χ0) is 8.81. The van der Waals surface area contributed by atoms with Gasteiger partial charge < -0.3 is 4.74 Å². The van der Waals surface area contributed by atoms with E-state index in [1.54, 1.807) is 0 Å². The molecule has 2 nitrogen and oxygen atoms in total. The van der Waals surface area contributed by atoms with E-state index >= 15 is 0 Å². The number of allylic oxidation sites excluding steroid dienone is 1. The van der Waals surface area contributed by atoms with E-state index in [-0.39, 0.29) is 0 Å². The summed E-state index contributed by atoms with van der Waals surface area (Å²) in [6.07, 6.45) is 8.58. The van der Waals surface area contributed by atoms with Crippen LogP contribution in [0.2, 0.25) is 0 Å². The number of ether oxygens (including phenoxy) is 1. The predicted molar refractivity (Wildman–Crippen MR) is 47.4 cm³/mol. The molecule has 1 rings (SSSR count). The molecule has 0 aromatic heterocycles. The summed E-state index contributed by atoms with van der Waals surface area (Å²) < 4.78 is 4.50. The van der Waals surface area contributed by atoms with Gasteiger partial charge in [0.1, 0.15) is 0 Å². The molecule has 0 spiro atoms. The van der Waals surface area contributed by atoms with E-state index in [1.165, 1.54) is 31.9 Å². The Balaban J connectivity index is 2.21. The fourth-order valence-electron chi connectivity index (χ4n) is 1.67. The summed E-state index contributed by atoms with van der Waals surface area (Å²) in [7, 11) is 0. The van der Waals surface area contributed by atoms with Crippen molar-refractivity contribution in [2.45, 2.75) is 32.6 Å². The standard InChI is InChI=1S/C10H16O2/c1-9-2-4-10(5-3-9)6-7-12-8-11/h6-10H,2-5H2,1H3/b7-6+. The molecule has 0 atom stereocenters. The highest BCUT2D eigenvalue weighted by Crippen LogP contribution is 2.28. The monoisotopic (exact) mass is 168 g/mol. The minimum atomic E-state index is 0.460. The molecule has 0 radical (unpaired) electrons. The number of carbonyl (C=O) groups excluding carboxylic acids is 1. The Hall–Kier alpha value is -0.790. The molecule has 2 heteroatoms. The van der Waals surface area contributed by atoms with Crippen LogP contribution in [0, 0.1) is 11.8 Å². The summed E-state index contributed by atoms with van der Waals surface area (Å²) in [4.78, 5) is 9.83. The van der Waals surface area contributed by atoms with Crippen LogP contribution in [-0.4, -0.2) is 6.47 Å². The van der Waals surface area contributed by atoms with E-state index in [1.807, 2.05) is 6.08 Å². The van der Waals surface area contributed by atoms with Crippen molar-refractivity contribution in [3.63, 3.8) is 0 Å². The largest absolute Gasteiger partial charge is 0.437 e. The van der Waals surface area contributed by atoms with Gasteiger partial charge in [-0.25, -0.2) is 0 Å². The molecular weight excluding hydrogens is 152 g/mol. The van der Waals surface area contributed by atoms with Gasteiger partial charge in [-0.1, -0.05) is 19.8 Å². The molecule has 0 aliphatic heterocycles. The van der Waals surface area contributed by atoms with Crippen LogP contribution in [0.15, 0.2) is 12.3 Å². The van der Waals surface area contributed by atoms with Crippen molar-refractivity contribution in [3.05, 3.63) is 12.3 Å². The summed E-state index contributed by atoms with van der Waals surface area (Å²) in [5.74, 6) is 1.50. The van der Waals surface area contributed by atoms with Crippen LogP contribution in [0.4, 0.5) is 0 Å². The smallest absolute Gasteiger partial charge is 0.297 e. The fourth-order valence-corrected chi connectivity index (χ4v) is 1.67. The molecule has 0 aromatic carbocycles. The Kier molecular flexibility index (Phi) is 3.85. The normalized spacial score (nSPS) is 30.4. The lowest BCUT2D eigenvalue weighted by Crippen LogP contribution is -2.10. The van der Waals surface area contributed by atoms with Crippen molar-refractivity contribution >= 4 is 6.47 Å². The third kappa shape index (κ3) is 3.07. The lowest BCUT2D eigenvalue weighted by molar-refractivity contribution is -0.123. The van der Waals surface area contributed by atoms with Crippen LogP contribution in [0.3, 0.4) is 0 Å². The van der Waals surface area contributed by atoms with Gasteiger partial charge in [-0.2, -0.15) is 0 Å². The van der Waals surface area contributed by atoms with Crippen LogP contribution in [-0.2, 0) is 9.53 Å². The first-order valence-electron chi connectivity index (χ1n) is 4.58. The van der Waals surface area contributed by atoms with E-state index in [4.69, 9.17) is 0 Å². The number of rotatable bonds is 3. The van der Waals surface area contributed by atoms with E-state index in [2.05, 4.69) is 11.7 Å². The maximum absolute atomic E-state index is 9.83. The highest BCUT2D eigenvalue weighted by atomic mass is 16.5. The van der Waals surface area contributed by atoms with Crippen molar-refractivity contribution in [1.82, 2.24) is 0 Å². The second-order valence-corrected chi connectivity index (χ2v) is 3.58. The lowest BCUT2D eigenvalue weighted by atomic mass is 9.83. The SMILES string of the molecule is CC1CCC(/C=C/OC=O)CC1. The first kappa shape index (κ1) is 9.30. The molecule has 68 valence electrons. The van der Waals surface area contributed by atoms with Gasteiger partial charge in [0.2, 0.25) is 0 Å². The molecule has 1 saturated carbocycles. The Morgan fingerprint density at radius 2 is 1.92 bits per heavy atom. The van der Waals surface area contributed by atoms with E-state index in [0.717, 1.165) is 5.92 Å². The molecule has 0 aromatic rings. The average Bonchev–Trinajstić information content (AvgIpc) is 2.09.